The predicted molar refractivity (Wildman–Crippen MR) is 80.3 cm³/mol. The number of carbonyl (C=O) groups is 2. The molecular weight excluding hydrogens is 290 g/mol. The second kappa shape index (κ2) is 6.85. The van der Waals surface area contributed by atoms with E-state index in [9.17, 15) is 9.59 Å². The van der Waals surface area contributed by atoms with E-state index < -0.39 is 5.97 Å². The number of rotatable bonds is 6. The van der Waals surface area contributed by atoms with Crippen molar-refractivity contribution in [2.45, 2.75) is 13.5 Å². The maximum absolute atomic E-state index is 12.0. The molecule has 21 heavy (non-hydrogen) atoms. The van der Waals surface area contributed by atoms with Crippen LogP contribution in [-0.4, -0.2) is 33.3 Å². The number of hydrogen-bond donors (Lipinski definition) is 2. The SMILES string of the molecule is Cc1cc(C(=O)NCCn2cccn2)sc1/C=C/C(=O)O. The summed E-state index contributed by atoms with van der Waals surface area (Å²) in [4.78, 5) is 23.9. The van der Waals surface area contributed by atoms with Gasteiger partial charge in [0.2, 0.25) is 0 Å². The van der Waals surface area contributed by atoms with Crippen molar-refractivity contribution in [1.82, 2.24) is 15.1 Å². The fraction of sp³-hybridized carbons (Fsp3) is 0.214. The maximum atomic E-state index is 12.0. The molecule has 0 aliphatic carbocycles. The molecule has 0 aliphatic rings. The molecule has 1 amide bonds. The van der Waals surface area contributed by atoms with Crippen molar-refractivity contribution in [2.24, 2.45) is 0 Å². The zero-order chi connectivity index (χ0) is 15.2. The zero-order valence-electron chi connectivity index (χ0n) is 11.4. The van der Waals surface area contributed by atoms with Crippen molar-refractivity contribution in [3.05, 3.63) is 45.9 Å². The van der Waals surface area contributed by atoms with Crippen LogP contribution in [0.2, 0.25) is 0 Å². The molecule has 2 rings (SSSR count). The fourth-order valence-electron chi connectivity index (χ4n) is 1.72. The molecule has 110 valence electrons. The number of carboxylic acids is 1. The zero-order valence-corrected chi connectivity index (χ0v) is 12.3. The number of hydrogen-bond acceptors (Lipinski definition) is 4. The van der Waals surface area contributed by atoms with Crippen LogP contribution in [0.5, 0.6) is 0 Å². The molecule has 2 aromatic heterocycles. The Kier molecular flexibility index (Phi) is 4.89. The third-order valence-electron chi connectivity index (χ3n) is 2.74. The molecule has 6 nitrogen and oxygen atoms in total. The van der Waals surface area contributed by atoms with Crippen LogP contribution >= 0.6 is 11.3 Å². The van der Waals surface area contributed by atoms with E-state index >= 15 is 0 Å². The van der Waals surface area contributed by atoms with E-state index in [4.69, 9.17) is 5.11 Å². The normalized spacial score (nSPS) is 10.9. The van der Waals surface area contributed by atoms with Gasteiger partial charge < -0.3 is 10.4 Å². The predicted octanol–water partition coefficient (Wildman–Crippen LogP) is 1.78. The van der Waals surface area contributed by atoms with Crippen molar-refractivity contribution in [1.29, 1.82) is 0 Å². The molecule has 0 bridgehead atoms. The van der Waals surface area contributed by atoms with E-state index in [1.807, 2.05) is 19.2 Å². The quantitative estimate of drug-likeness (QED) is 0.797. The first-order chi connectivity index (χ1) is 10.1. The van der Waals surface area contributed by atoms with Gasteiger partial charge in [-0.3, -0.25) is 9.48 Å². The molecule has 0 atom stereocenters. The summed E-state index contributed by atoms with van der Waals surface area (Å²) in [7, 11) is 0. The Morgan fingerprint density at radius 3 is 3.00 bits per heavy atom. The summed E-state index contributed by atoms with van der Waals surface area (Å²) in [6.45, 7) is 2.94. The van der Waals surface area contributed by atoms with Crippen LogP contribution in [-0.2, 0) is 11.3 Å². The van der Waals surface area contributed by atoms with Gasteiger partial charge in [0.15, 0.2) is 0 Å². The molecule has 0 saturated heterocycles. The average Bonchev–Trinajstić information content (AvgIpc) is 3.06. The number of nitrogens with zero attached hydrogens (tertiary/aromatic N) is 2. The van der Waals surface area contributed by atoms with Crippen LogP contribution in [0.15, 0.2) is 30.6 Å². The molecule has 2 N–H and O–H groups in total. The molecule has 0 fully saturated rings. The van der Waals surface area contributed by atoms with Gasteiger partial charge in [-0.25, -0.2) is 4.79 Å². The lowest BCUT2D eigenvalue weighted by molar-refractivity contribution is -0.131. The Morgan fingerprint density at radius 2 is 2.33 bits per heavy atom. The van der Waals surface area contributed by atoms with Crippen molar-refractivity contribution < 1.29 is 14.7 Å². The van der Waals surface area contributed by atoms with E-state index in [1.165, 1.54) is 17.4 Å². The van der Waals surface area contributed by atoms with Gasteiger partial charge >= 0.3 is 5.97 Å². The van der Waals surface area contributed by atoms with E-state index in [0.29, 0.717) is 18.0 Å². The molecule has 0 unspecified atom stereocenters. The van der Waals surface area contributed by atoms with E-state index in [-0.39, 0.29) is 5.91 Å². The monoisotopic (exact) mass is 305 g/mol. The molecule has 7 heteroatoms. The second-order valence-corrected chi connectivity index (χ2v) is 5.44. The van der Waals surface area contributed by atoms with Gasteiger partial charge in [0, 0.05) is 29.9 Å². The topological polar surface area (TPSA) is 84.2 Å². The number of carbonyl (C=O) groups excluding carboxylic acids is 1. The van der Waals surface area contributed by atoms with Crippen LogP contribution in [0.4, 0.5) is 0 Å². The molecule has 0 aromatic carbocycles. The van der Waals surface area contributed by atoms with Crippen molar-refractivity contribution in [2.75, 3.05) is 6.54 Å². The third kappa shape index (κ3) is 4.28. The van der Waals surface area contributed by atoms with Gasteiger partial charge in [-0.15, -0.1) is 11.3 Å². The first kappa shape index (κ1) is 15.0. The first-order valence-corrected chi connectivity index (χ1v) is 7.15. The minimum Gasteiger partial charge on any atom is -0.478 e. The summed E-state index contributed by atoms with van der Waals surface area (Å²) in [6.07, 6.45) is 6.09. The first-order valence-electron chi connectivity index (χ1n) is 6.33. The third-order valence-corrected chi connectivity index (χ3v) is 3.94. The molecule has 0 aliphatic heterocycles. The standard InChI is InChI=1S/C14H15N3O3S/c1-10-9-12(21-11(10)3-4-13(18)19)14(20)15-6-8-17-7-2-5-16-17/h2-5,7,9H,6,8H2,1H3,(H,15,20)(H,18,19)/b4-3+. The lowest BCUT2D eigenvalue weighted by Crippen LogP contribution is -2.26. The number of carboxylic acid groups (broad SMARTS) is 1. The molecule has 0 spiro atoms. The number of aliphatic carboxylic acids is 1. The Labute approximate surface area is 125 Å². The average molecular weight is 305 g/mol. The molecular formula is C14H15N3O3S. The van der Waals surface area contributed by atoms with Crippen LogP contribution in [0.3, 0.4) is 0 Å². The minimum absolute atomic E-state index is 0.162. The lowest BCUT2D eigenvalue weighted by Gasteiger charge is -2.03. The number of aryl methyl sites for hydroxylation is 1. The molecule has 0 saturated carbocycles. The summed E-state index contributed by atoms with van der Waals surface area (Å²) in [5.74, 6) is -1.17. The number of amides is 1. The highest BCUT2D eigenvalue weighted by Crippen LogP contribution is 2.23. The second-order valence-electron chi connectivity index (χ2n) is 4.35. The van der Waals surface area contributed by atoms with Crippen LogP contribution in [0.25, 0.3) is 6.08 Å². The maximum Gasteiger partial charge on any atom is 0.328 e. The van der Waals surface area contributed by atoms with Crippen molar-refractivity contribution >= 4 is 29.3 Å². The summed E-state index contributed by atoms with van der Waals surface area (Å²) < 4.78 is 1.74. The number of thiophene rings is 1. The number of aromatic nitrogens is 2. The Morgan fingerprint density at radius 1 is 1.52 bits per heavy atom. The smallest absolute Gasteiger partial charge is 0.328 e. The highest BCUT2D eigenvalue weighted by molar-refractivity contribution is 7.15. The van der Waals surface area contributed by atoms with E-state index in [1.54, 1.807) is 16.9 Å². The van der Waals surface area contributed by atoms with E-state index in [0.717, 1.165) is 16.5 Å². The Balaban J connectivity index is 1.93. The Bertz CT molecular complexity index is 659. The summed E-state index contributed by atoms with van der Waals surface area (Å²) >= 11 is 1.27. The fourth-order valence-corrected chi connectivity index (χ4v) is 2.72. The van der Waals surface area contributed by atoms with Gasteiger partial charge in [-0.05, 0) is 30.7 Å². The minimum atomic E-state index is -1.01. The highest BCUT2D eigenvalue weighted by atomic mass is 32.1. The Hall–Kier alpha value is -2.41. The van der Waals surface area contributed by atoms with Crippen LogP contribution in [0.1, 0.15) is 20.1 Å². The number of nitrogens with one attached hydrogen (secondary N) is 1. The largest absolute Gasteiger partial charge is 0.478 e. The van der Waals surface area contributed by atoms with Crippen LogP contribution in [0, 0.1) is 6.92 Å². The molecule has 2 aromatic rings. The van der Waals surface area contributed by atoms with Gasteiger partial charge in [0.1, 0.15) is 0 Å². The molecule has 2 heterocycles. The molecule has 0 radical (unpaired) electrons. The van der Waals surface area contributed by atoms with Crippen molar-refractivity contribution in [3.63, 3.8) is 0 Å². The lowest BCUT2D eigenvalue weighted by atomic mass is 10.2. The van der Waals surface area contributed by atoms with E-state index in [2.05, 4.69) is 10.4 Å². The summed E-state index contributed by atoms with van der Waals surface area (Å²) in [5.41, 5.74) is 0.884. The van der Waals surface area contributed by atoms with Crippen molar-refractivity contribution in [3.8, 4) is 0 Å². The summed E-state index contributed by atoms with van der Waals surface area (Å²) in [5, 5.41) is 15.5. The van der Waals surface area contributed by atoms with Gasteiger partial charge in [0.05, 0.1) is 11.4 Å². The summed E-state index contributed by atoms with van der Waals surface area (Å²) in [6, 6.07) is 3.58. The van der Waals surface area contributed by atoms with Crippen LogP contribution < -0.4 is 5.32 Å². The van der Waals surface area contributed by atoms with Gasteiger partial charge in [-0.1, -0.05) is 0 Å². The van der Waals surface area contributed by atoms with Gasteiger partial charge in [-0.2, -0.15) is 5.10 Å². The van der Waals surface area contributed by atoms with Gasteiger partial charge in [0.25, 0.3) is 5.91 Å². The highest BCUT2D eigenvalue weighted by Gasteiger charge is 2.11.